The average Bonchev–Trinajstić information content (AvgIpc) is 3.09. The van der Waals surface area contributed by atoms with Crippen LogP contribution in [0.3, 0.4) is 0 Å². The third-order valence-corrected chi connectivity index (χ3v) is 5.56. The fraction of sp³-hybridized carbons (Fsp3) is 0.364. The summed E-state index contributed by atoms with van der Waals surface area (Å²) in [5.74, 6) is 1.95. The molecule has 0 radical (unpaired) electrons. The second kappa shape index (κ2) is 7.92. The Labute approximate surface area is 165 Å². The number of carbonyl (C=O) groups excluding carboxylic acids is 1. The molecule has 0 saturated carbocycles. The molecule has 1 saturated heterocycles. The van der Waals surface area contributed by atoms with Crippen LogP contribution >= 0.6 is 0 Å². The van der Waals surface area contributed by atoms with Gasteiger partial charge < -0.3 is 19.5 Å². The Bertz CT molecular complexity index is 974. The minimum absolute atomic E-state index is 0.0423. The maximum Gasteiger partial charge on any atom is 0.223 e. The monoisotopic (exact) mass is 378 g/mol. The van der Waals surface area contributed by atoms with E-state index in [0.29, 0.717) is 6.54 Å². The molecule has 0 atom stereocenters. The van der Waals surface area contributed by atoms with Gasteiger partial charge in [-0.15, -0.1) is 0 Å². The van der Waals surface area contributed by atoms with E-state index in [1.165, 1.54) is 0 Å². The lowest BCUT2D eigenvalue weighted by Gasteiger charge is -2.32. The number of ether oxygens (including phenoxy) is 1. The predicted molar refractivity (Wildman–Crippen MR) is 110 cm³/mol. The Morgan fingerprint density at radius 2 is 1.86 bits per heavy atom. The zero-order chi connectivity index (χ0) is 19.5. The number of fused-ring (bicyclic) bond motifs is 1. The van der Waals surface area contributed by atoms with Gasteiger partial charge in [0.05, 0.1) is 18.1 Å². The zero-order valence-electron chi connectivity index (χ0n) is 16.4. The van der Waals surface area contributed by atoms with Crippen LogP contribution in [0.25, 0.3) is 11.0 Å². The van der Waals surface area contributed by atoms with Crippen LogP contribution in [-0.2, 0) is 18.4 Å². The van der Waals surface area contributed by atoms with Gasteiger partial charge in [0.15, 0.2) is 0 Å². The molecule has 146 valence electrons. The molecule has 6 heteroatoms. The van der Waals surface area contributed by atoms with Crippen molar-refractivity contribution in [3.8, 4) is 5.75 Å². The lowest BCUT2D eigenvalue weighted by Crippen LogP contribution is -2.41. The number of para-hydroxylation sites is 3. The second-order valence-electron chi connectivity index (χ2n) is 7.25. The maximum atomic E-state index is 12.6. The molecule has 4 rings (SSSR count). The van der Waals surface area contributed by atoms with Crippen LogP contribution in [-0.4, -0.2) is 35.7 Å². The number of hydrogen-bond acceptors (Lipinski definition) is 4. The van der Waals surface area contributed by atoms with E-state index in [1.807, 2.05) is 42.5 Å². The SMILES string of the molecule is COc1ccccc1CNC(=O)C1CCN(c2nc3ccccc3n2C)CC1. The summed E-state index contributed by atoms with van der Waals surface area (Å²) in [7, 11) is 3.70. The number of aryl methyl sites for hydroxylation is 1. The molecule has 1 fully saturated rings. The van der Waals surface area contributed by atoms with E-state index in [9.17, 15) is 4.79 Å². The molecule has 0 bridgehead atoms. The van der Waals surface area contributed by atoms with E-state index in [1.54, 1.807) is 7.11 Å². The molecule has 1 N–H and O–H groups in total. The van der Waals surface area contributed by atoms with Crippen molar-refractivity contribution >= 4 is 22.9 Å². The van der Waals surface area contributed by atoms with E-state index in [-0.39, 0.29) is 11.8 Å². The van der Waals surface area contributed by atoms with E-state index >= 15 is 0 Å². The summed E-state index contributed by atoms with van der Waals surface area (Å²) in [4.78, 5) is 19.7. The van der Waals surface area contributed by atoms with Gasteiger partial charge in [0.2, 0.25) is 11.9 Å². The topological polar surface area (TPSA) is 59.4 Å². The first-order valence-electron chi connectivity index (χ1n) is 9.73. The van der Waals surface area contributed by atoms with Crippen molar-refractivity contribution in [1.82, 2.24) is 14.9 Å². The smallest absolute Gasteiger partial charge is 0.223 e. The summed E-state index contributed by atoms with van der Waals surface area (Å²) in [5, 5.41) is 3.07. The number of imidazole rings is 1. The molecule has 1 aliphatic rings. The number of benzene rings is 2. The van der Waals surface area contributed by atoms with E-state index in [2.05, 4.69) is 27.9 Å². The first-order valence-corrected chi connectivity index (χ1v) is 9.73. The van der Waals surface area contributed by atoms with Crippen LogP contribution in [0.5, 0.6) is 5.75 Å². The fourth-order valence-corrected chi connectivity index (χ4v) is 3.93. The molecule has 0 spiro atoms. The molecule has 3 aromatic rings. The number of amides is 1. The van der Waals surface area contributed by atoms with Gasteiger partial charge in [-0.25, -0.2) is 4.98 Å². The number of piperidine rings is 1. The van der Waals surface area contributed by atoms with Crippen LogP contribution in [0, 0.1) is 5.92 Å². The maximum absolute atomic E-state index is 12.6. The van der Waals surface area contributed by atoms with Gasteiger partial charge in [0, 0.05) is 38.2 Å². The van der Waals surface area contributed by atoms with E-state index in [0.717, 1.165) is 54.2 Å². The van der Waals surface area contributed by atoms with Crippen molar-refractivity contribution in [2.24, 2.45) is 13.0 Å². The number of anilines is 1. The first-order chi connectivity index (χ1) is 13.7. The van der Waals surface area contributed by atoms with Crippen molar-refractivity contribution in [3.05, 3.63) is 54.1 Å². The highest BCUT2D eigenvalue weighted by atomic mass is 16.5. The summed E-state index contributed by atoms with van der Waals surface area (Å²) >= 11 is 0. The summed E-state index contributed by atoms with van der Waals surface area (Å²) in [5.41, 5.74) is 3.14. The molecule has 6 nitrogen and oxygen atoms in total. The summed E-state index contributed by atoms with van der Waals surface area (Å²) in [6, 6.07) is 16.0. The molecule has 1 amide bonds. The quantitative estimate of drug-likeness (QED) is 0.741. The van der Waals surface area contributed by atoms with Crippen LogP contribution in [0.1, 0.15) is 18.4 Å². The Morgan fingerprint density at radius 1 is 1.14 bits per heavy atom. The Balaban J connectivity index is 1.35. The highest BCUT2D eigenvalue weighted by molar-refractivity contribution is 5.80. The summed E-state index contributed by atoms with van der Waals surface area (Å²) in [6.07, 6.45) is 1.67. The molecule has 28 heavy (non-hydrogen) atoms. The first kappa shape index (κ1) is 18.3. The Morgan fingerprint density at radius 3 is 2.61 bits per heavy atom. The number of methoxy groups -OCH3 is 1. The molecule has 1 aliphatic heterocycles. The van der Waals surface area contributed by atoms with Crippen molar-refractivity contribution in [3.63, 3.8) is 0 Å². The highest BCUT2D eigenvalue weighted by Gasteiger charge is 2.27. The minimum Gasteiger partial charge on any atom is -0.496 e. The van der Waals surface area contributed by atoms with Gasteiger partial charge >= 0.3 is 0 Å². The lowest BCUT2D eigenvalue weighted by atomic mass is 9.96. The Kier molecular flexibility index (Phi) is 5.19. The number of aromatic nitrogens is 2. The predicted octanol–water partition coefficient (Wildman–Crippen LogP) is 3.11. The molecule has 0 aliphatic carbocycles. The molecular weight excluding hydrogens is 352 g/mol. The lowest BCUT2D eigenvalue weighted by molar-refractivity contribution is -0.125. The van der Waals surface area contributed by atoms with Crippen molar-refractivity contribution < 1.29 is 9.53 Å². The molecule has 1 aromatic heterocycles. The largest absolute Gasteiger partial charge is 0.496 e. The number of nitrogens with one attached hydrogen (secondary N) is 1. The van der Waals surface area contributed by atoms with Gasteiger partial charge in [0.1, 0.15) is 5.75 Å². The van der Waals surface area contributed by atoms with Gasteiger partial charge in [-0.05, 0) is 31.0 Å². The van der Waals surface area contributed by atoms with Crippen molar-refractivity contribution in [2.75, 3.05) is 25.1 Å². The number of rotatable bonds is 5. The van der Waals surface area contributed by atoms with Crippen LogP contribution in [0.4, 0.5) is 5.95 Å². The molecule has 2 aromatic carbocycles. The number of hydrogen-bond donors (Lipinski definition) is 1. The van der Waals surface area contributed by atoms with E-state index < -0.39 is 0 Å². The number of carbonyl (C=O) groups is 1. The average molecular weight is 378 g/mol. The normalized spacial score (nSPS) is 15.0. The summed E-state index contributed by atoms with van der Waals surface area (Å²) in [6.45, 7) is 2.17. The van der Waals surface area contributed by atoms with Gasteiger partial charge in [-0.2, -0.15) is 0 Å². The third-order valence-electron chi connectivity index (χ3n) is 5.56. The third kappa shape index (κ3) is 3.54. The van der Waals surface area contributed by atoms with Crippen molar-refractivity contribution in [2.45, 2.75) is 19.4 Å². The van der Waals surface area contributed by atoms with Crippen LogP contribution < -0.4 is 15.0 Å². The van der Waals surface area contributed by atoms with E-state index in [4.69, 9.17) is 9.72 Å². The highest BCUT2D eigenvalue weighted by Crippen LogP contribution is 2.26. The minimum atomic E-state index is 0.0423. The fourth-order valence-electron chi connectivity index (χ4n) is 3.93. The zero-order valence-corrected chi connectivity index (χ0v) is 16.4. The van der Waals surface area contributed by atoms with Crippen LogP contribution in [0.2, 0.25) is 0 Å². The molecule has 0 unspecified atom stereocenters. The van der Waals surface area contributed by atoms with Crippen molar-refractivity contribution in [1.29, 1.82) is 0 Å². The Hall–Kier alpha value is -3.02. The summed E-state index contributed by atoms with van der Waals surface area (Å²) < 4.78 is 7.49. The number of nitrogens with zero attached hydrogens (tertiary/aromatic N) is 3. The van der Waals surface area contributed by atoms with Gasteiger partial charge in [-0.3, -0.25) is 4.79 Å². The second-order valence-corrected chi connectivity index (χ2v) is 7.25. The molecule has 2 heterocycles. The van der Waals surface area contributed by atoms with Crippen LogP contribution in [0.15, 0.2) is 48.5 Å². The molecular formula is C22H26N4O2. The standard InChI is InChI=1S/C22H26N4O2/c1-25-19-9-5-4-8-18(19)24-22(25)26-13-11-16(12-14-26)21(27)23-15-17-7-3-6-10-20(17)28-2/h3-10,16H,11-15H2,1-2H3,(H,23,27). The van der Waals surface area contributed by atoms with Gasteiger partial charge in [0.25, 0.3) is 0 Å². The van der Waals surface area contributed by atoms with Gasteiger partial charge in [-0.1, -0.05) is 30.3 Å².